The molecule has 6 heteroatoms. The Labute approximate surface area is 148 Å². The molecule has 0 spiro atoms. The fourth-order valence-electron chi connectivity index (χ4n) is 3.34. The van der Waals surface area contributed by atoms with Crippen molar-refractivity contribution in [2.75, 3.05) is 33.4 Å². The van der Waals surface area contributed by atoms with Gasteiger partial charge in [-0.1, -0.05) is 18.2 Å². The van der Waals surface area contributed by atoms with Crippen LogP contribution in [-0.4, -0.2) is 49.0 Å². The third kappa shape index (κ3) is 4.67. The van der Waals surface area contributed by atoms with E-state index in [1.807, 2.05) is 36.5 Å². The second-order valence-electron chi connectivity index (χ2n) is 6.77. The highest BCUT2D eigenvalue weighted by atomic mass is 16.5. The number of piperidine rings is 1. The van der Waals surface area contributed by atoms with Crippen LogP contribution in [0.3, 0.4) is 0 Å². The number of nitrogens with zero attached hydrogens (tertiary/aromatic N) is 2. The number of aromatic nitrogens is 2. The standard InChI is InChI=1S/C19H26N4O2/c1-25-15-19(7-9-20-10-8-19)14-21-18(24)11-16-12-22-23(13-16)17-5-3-2-4-6-17/h2-6,12-13,20H,7-11,14-15H2,1H3,(H,21,24). The number of benzene rings is 1. The van der Waals surface area contributed by atoms with Crippen molar-refractivity contribution < 1.29 is 9.53 Å². The minimum absolute atomic E-state index is 0.0293. The van der Waals surface area contributed by atoms with Crippen molar-refractivity contribution in [1.29, 1.82) is 0 Å². The number of para-hydroxylation sites is 1. The second-order valence-corrected chi connectivity index (χ2v) is 6.77. The molecular formula is C19H26N4O2. The highest BCUT2D eigenvalue weighted by molar-refractivity contribution is 5.78. The van der Waals surface area contributed by atoms with E-state index in [1.165, 1.54) is 0 Å². The van der Waals surface area contributed by atoms with Gasteiger partial charge in [0.25, 0.3) is 0 Å². The van der Waals surface area contributed by atoms with Crippen molar-refractivity contribution in [3.63, 3.8) is 0 Å². The third-order valence-corrected chi connectivity index (χ3v) is 4.80. The van der Waals surface area contributed by atoms with E-state index in [0.29, 0.717) is 19.6 Å². The van der Waals surface area contributed by atoms with E-state index in [4.69, 9.17) is 4.74 Å². The summed E-state index contributed by atoms with van der Waals surface area (Å²) in [5, 5.41) is 10.8. The Morgan fingerprint density at radius 2 is 2.08 bits per heavy atom. The predicted molar refractivity (Wildman–Crippen MR) is 96.7 cm³/mol. The lowest BCUT2D eigenvalue weighted by molar-refractivity contribution is -0.121. The van der Waals surface area contributed by atoms with Gasteiger partial charge in [0.15, 0.2) is 0 Å². The molecule has 0 aliphatic carbocycles. The number of hydrogen-bond donors (Lipinski definition) is 2. The maximum absolute atomic E-state index is 12.3. The van der Waals surface area contributed by atoms with Gasteiger partial charge < -0.3 is 15.4 Å². The summed E-state index contributed by atoms with van der Waals surface area (Å²) in [5.41, 5.74) is 1.94. The summed E-state index contributed by atoms with van der Waals surface area (Å²) in [6, 6.07) is 9.89. The van der Waals surface area contributed by atoms with Crippen molar-refractivity contribution in [2.45, 2.75) is 19.3 Å². The van der Waals surface area contributed by atoms with E-state index in [2.05, 4.69) is 15.7 Å². The number of rotatable bonds is 7. The van der Waals surface area contributed by atoms with Crippen molar-refractivity contribution in [3.8, 4) is 5.69 Å². The number of hydrogen-bond acceptors (Lipinski definition) is 4. The molecule has 0 radical (unpaired) electrons. The monoisotopic (exact) mass is 342 g/mol. The van der Waals surface area contributed by atoms with Crippen molar-refractivity contribution >= 4 is 5.91 Å². The summed E-state index contributed by atoms with van der Waals surface area (Å²) in [7, 11) is 1.73. The van der Waals surface area contributed by atoms with Gasteiger partial charge >= 0.3 is 0 Å². The van der Waals surface area contributed by atoms with Crippen LogP contribution >= 0.6 is 0 Å². The summed E-state index contributed by atoms with van der Waals surface area (Å²) in [6.45, 7) is 3.29. The van der Waals surface area contributed by atoms with E-state index < -0.39 is 0 Å². The highest BCUT2D eigenvalue weighted by Crippen LogP contribution is 2.28. The average Bonchev–Trinajstić information content (AvgIpc) is 3.10. The Hall–Kier alpha value is -2.18. The first kappa shape index (κ1) is 17.6. The molecule has 1 saturated heterocycles. The molecule has 0 atom stereocenters. The Bertz CT molecular complexity index is 672. The van der Waals surface area contributed by atoms with Gasteiger partial charge in [0.1, 0.15) is 0 Å². The van der Waals surface area contributed by atoms with Crippen LogP contribution in [0.4, 0.5) is 0 Å². The van der Waals surface area contributed by atoms with Gasteiger partial charge in [0.2, 0.25) is 5.91 Å². The Kier molecular flexibility index (Phi) is 5.83. The van der Waals surface area contributed by atoms with Crippen LogP contribution in [-0.2, 0) is 16.0 Å². The van der Waals surface area contributed by atoms with Gasteiger partial charge in [-0.05, 0) is 43.6 Å². The normalized spacial score (nSPS) is 16.5. The fraction of sp³-hybridized carbons (Fsp3) is 0.474. The number of amides is 1. The van der Waals surface area contributed by atoms with E-state index in [1.54, 1.807) is 18.0 Å². The van der Waals surface area contributed by atoms with Crippen molar-refractivity contribution in [2.24, 2.45) is 5.41 Å². The quantitative estimate of drug-likeness (QED) is 0.801. The SMILES string of the molecule is COCC1(CNC(=O)Cc2cnn(-c3ccccc3)c2)CCNCC1. The van der Waals surface area contributed by atoms with Crippen LogP contribution in [0.5, 0.6) is 0 Å². The molecule has 2 N–H and O–H groups in total. The molecule has 2 heterocycles. The minimum atomic E-state index is 0.0293. The van der Waals surface area contributed by atoms with Gasteiger partial charge in [-0.25, -0.2) is 4.68 Å². The summed E-state index contributed by atoms with van der Waals surface area (Å²) in [6.07, 6.45) is 6.04. The average molecular weight is 342 g/mol. The van der Waals surface area contributed by atoms with E-state index in [9.17, 15) is 4.79 Å². The lowest BCUT2D eigenvalue weighted by Gasteiger charge is -2.37. The highest BCUT2D eigenvalue weighted by Gasteiger charge is 2.32. The predicted octanol–water partition coefficient (Wildman–Crippen LogP) is 1.55. The number of carbonyl (C=O) groups is 1. The Morgan fingerprint density at radius 1 is 1.32 bits per heavy atom. The lowest BCUT2D eigenvalue weighted by atomic mass is 9.79. The molecule has 1 aromatic heterocycles. The largest absolute Gasteiger partial charge is 0.384 e. The molecular weight excluding hydrogens is 316 g/mol. The van der Waals surface area contributed by atoms with Gasteiger partial charge in [-0.3, -0.25) is 4.79 Å². The molecule has 25 heavy (non-hydrogen) atoms. The van der Waals surface area contributed by atoms with Gasteiger partial charge in [-0.2, -0.15) is 5.10 Å². The van der Waals surface area contributed by atoms with Crippen molar-refractivity contribution in [1.82, 2.24) is 20.4 Å². The van der Waals surface area contributed by atoms with Crippen LogP contribution in [0.1, 0.15) is 18.4 Å². The molecule has 0 unspecified atom stereocenters. The molecule has 0 bridgehead atoms. The Morgan fingerprint density at radius 3 is 2.80 bits per heavy atom. The summed E-state index contributed by atoms with van der Waals surface area (Å²) in [4.78, 5) is 12.3. The second kappa shape index (κ2) is 8.27. The lowest BCUT2D eigenvalue weighted by Crippen LogP contribution is -2.47. The molecule has 2 aromatic rings. The first-order valence-electron chi connectivity index (χ1n) is 8.76. The molecule has 1 aromatic carbocycles. The molecule has 1 amide bonds. The zero-order valence-electron chi connectivity index (χ0n) is 14.7. The minimum Gasteiger partial charge on any atom is -0.384 e. The fourth-order valence-corrected chi connectivity index (χ4v) is 3.34. The number of ether oxygens (including phenoxy) is 1. The van der Waals surface area contributed by atoms with Crippen molar-refractivity contribution in [3.05, 3.63) is 48.3 Å². The van der Waals surface area contributed by atoms with Crippen LogP contribution in [0.15, 0.2) is 42.7 Å². The third-order valence-electron chi connectivity index (χ3n) is 4.80. The number of methoxy groups -OCH3 is 1. The zero-order chi connectivity index (χ0) is 17.5. The zero-order valence-corrected chi connectivity index (χ0v) is 14.7. The van der Waals surface area contributed by atoms with Crippen LogP contribution in [0, 0.1) is 5.41 Å². The van der Waals surface area contributed by atoms with Crippen LogP contribution in [0.2, 0.25) is 0 Å². The van der Waals surface area contributed by atoms with Crippen LogP contribution < -0.4 is 10.6 Å². The summed E-state index contributed by atoms with van der Waals surface area (Å²) in [5.74, 6) is 0.0293. The molecule has 1 aliphatic heterocycles. The van der Waals surface area contributed by atoms with E-state index in [0.717, 1.165) is 37.2 Å². The molecule has 6 nitrogen and oxygen atoms in total. The van der Waals surface area contributed by atoms with Gasteiger partial charge in [-0.15, -0.1) is 0 Å². The summed E-state index contributed by atoms with van der Waals surface area (Å²) < 4.78 is 7.19. The van der Waals surface area contributed by atoms with Crippen LogP contribution in [0.25, 0.3) is 5.69 Å². The molecule has 1 fully saturated rings. The number of carbonyl (C=O) groups excluding carboxylic acids is 1. The maximum atomic E-state index is 12.3. The molecule has 134 valence electrons. The molecule has 0 saturated carbocycles. The van der Waals surface area contributed by atoms with Gasteiger partial charge in [0, 0.05) is 25.3 Å². The maximum Gasteiger partial charge on any atom is 0.224 e. The smallest absolute Gasteiger partial charge is 0.224 e. The number of nitrogens with one attached hydrogen (secondary N) is 2. The van der Waals surface area contributed by atoms with E-state index in [-0.39, 0.29) is 11.3 Å². The first-order valence-corrected chi connectivity index (χ1v) is 8.76. The Balaban J connectivity index is 1.55. The van der Waals surface area contributed by atoms with Gasteiger partial charge in [0.05, 0.1) is 24.9 Å². The summed E-state index contributed by atoms with van der Waals surface area (Å²) >= 11 is 0. The van der Waals surface area contributed by atoms with E-state index >= 15 is 0 Å². The topological polar surface area (TPSA) is 68.2 Å². The molecule has 3 rings (SSSR count). The molecule has 1 aliphatic rings. The first-order chi connectivity index (χ1) is 12.2.